The van der Waals surface area contributed by atoms with Gasteiger partial charge in [0.2, 0.25) is 0 Å². The zero-order valence-electron chi connectivity index (χ0n) is 28.8. The summed E-state index contributed by atoms with van der Waals surface area (Å²) in [6.45, 7) is 21.1. The Bertz CT molecular complexity index is 982. The molecule has 2 heteroatoms. The van der Waals surface area contributed by atoms with Crippen LogP contribution in [0.5, 0.6) is 0 Å². The van der Waals surface area contributed by atoms with E-state index in [0.29, 0.717) is 11.1 Å². The minimum atomic E-state index is -0.736. The van der Waals surface area contributed by atoms with E-state index in [1.165, 1.54) is 89.2 Å². The van der Waals surface area contributed by atoms with Crippen LogP contribution < -0.4 is 0 Å². The van der Waals surface area contributed by atoms with Crippen molar-refractivity contribution in [3.63, 3.8) is 0 Å². The summed E-state index contributed by atoms with van der Waals surface area (Å²) in [5, 5.41) is 0. The molecule has 0 N–H and O–H groups in total. The second-order valence-corrected chi connectivity index (χ2v) is 13.7. The lowest BCUT2D eigenvalue weighted by molar-refractivity contribution is 0.308. The first-order valence-corrected chi connectivity index (χ1v) is 16.5. The van der Waals surface area contributed by atoms with Crippen molar-refractivity contribution >= 4 is 0 Å². The summed E-state index contributed by atoms with van der Waals surface area (Å²) in [5.74, 6) is 2.45. The van der Waals surface area contributed by atoms with Gasteiger partial charge in [0.05, 0.1) is 0 Å². The number of hydrogen-bond donors (Lipinski definition) is 0. The predicted molar refractivity (Wildman–Crippen MR) is 182 cm³/mol. The smallest absolute Gasteiger partial charge is 0.161 e. The van der Waals surface area contributed by atoms with Gasteiger partial charge in [-0.1, -0.05) is 124 Å². The van der Waals surface area contributed by atoms with Crippen LogP contribution >= 0.6 is 0 Å². The summed E-state index contributed by atoms with van der Waals surface area (Å²) in [5.41, 5.74) is 6.53. The Kier molecular flexibility index (Phi) is 18.6. The Morgan fingerprint density at radius 3 is 1.00 bits per heavy atom. The number of aryl methyl sites for hydroxylation is 4. The van der Waals surface area contributed by atoms with Gasteiger partial charge in [0.25, 0.3) is 0 Å². The molecule has 2 unspecified atom stereocenters. The molecule has 3 aliphatic rings. The van der Waals surface area contributed by atoms with Crippen LogP contribution in [0.3, 0.4) is 0 Å². The van der Waals surface area contributed by atoms with Gasteiger partial charge in [0, 0.05) is 0 Å². The molecular formula is C40H62F2. The van der Waals surface area contributed by atoms with Gasteiger partial charge in [0.1, 0.15) is 0 Å². The highest BCUT2D eigenvalue weighted by Gasteiger charge is 2.13. The van der Waals surface area contributed by atoms with Crippen LogP contribution in [0.25, 0.3) is 0 Å². The molecule has 1 saturated carbocycles. The molecule has 5 rings (SSSR count). The molecule has 42 heavy (non-hydrogen) atoms. The minimum Gasteiger partial charge on any atom is -0.203 e. The van der Waals surface area contributed by atoms with E-state index < -0.39 is 11.6 Å². The SMILES string of the molecule is CC1=CCC(C)CC1.CC1=CCC(C)CC1.CC1CCC(C)CC1.Cc1ccc(C)c(F)c1F.Cc1ccc(C)cc1. The van der Waals surface area contributed by atoms with E-state index in [-0.39, 0.29) is 0 Å². The monoisotopic (exact) mass is 580 g/mol. The normalized spacial score (nSPS) is 23.0. The summed E-state index contributed by atoms with van der Waals surface area (Å²) < 4.78 is 25.2. The van der Waals surface area contributed by atoms with Crippen LogP contribution in [0.2, 0.25) is 0 Å². The van der Waals surface area contributed by atoms with Crippen molar-refractivity contribution in [2.45, 2.75) is 133 Å². The van der Waals surface area contributed by atoms with Crippen molar-refractivity contribution in [3.8, 4) is 0 Å². The Balaban J connectivity index is 0.000000263. The summed E-state index contributed by atoms with van der Waals surface area (Å²) in [4.78, 5) is 0. The molecule has 0 aromatic heterocycles. The van der Waals surface area contributed by atoms with E-state index in [2.05, 4.69) is 91.8 Å². The van der Waals surface area contributed by atoms with Crippen LogP contribution in [0.4, 0.5) is 8.78 Å². The molecule has 236 valence electrons. The lowest BCUT2D eigenvalue weighted by atomic mass is 9.84. The topological polar surface area (TPSA) is 0 Å². The largest absolute Gasteiger partial charge is 0.203 e. The van der Waals surface area contributed by atoms with E-state index in [0.717, 1.165) is 23.7 Å². The number of allylic oxidation sites excluding steroid dienone is 4. The highest BCUT2D eigenvalue weighted by molar-refractivity contribution is 5.24. The lowest BCUT2D eigenvalue weighted by Gasteiger charge is -2.22. The quantitative estimate of drug-likeness (QED) is 0.272. The number of benzene rings is 2. The molecule has 0 bridgehead atoms. The van der Waals surface area contributed by atoms with Crippen LogP contribution in [0, 0.1) is 63.0 Å². The minimum absolute atomic E-state index is 0.350. The molecule has 0 radical (unpaired) electrons. The van der Waals surface area contributed by atoms with Crippen molar-refractivity contribution in [2.24, 2.45) is 23.7 Å². The van der Waals surface area contributed by atoms with Gasteiger partial charge in [-0.25, -0.2) is 8.78 Å². The zero-order chi connectivity index (χ0) is 31.7. The van der Waals surface area contributed by atoms with Gasteiger partial charge in [0.15, 0.2) is 11.6 Å². The first kappa shape index (κ1) is 37.8. The van der Waals surface area contributed by atoms with E-state index in [4.69, 9.17) is 0 Å². The number of halogens is 2. The van der Waals surface area contributed by atoms with Gasteiger partial charge in [-0.3, -0.25) is 0 Å². The highest BCUT2D eigenvalue weighted by atomic mass is 19.2. The molecule has 1 fully saturated rings. The van der Waals surface area contributed by atoms with E-state index in [9.17, 15) is 8.78 Å². The highest BCUT2D eigenvalue weighted by Crippen LogP contribution is 2.27. The average Bonchev–Trinajstić information content (AvgIpc) is 2.97. The summed E-state index contributed by atoms with van der Waals surface area (Å²) in [7, 11) is 0. The molecule has 0 aliphatic heterocycles. The lowest BCUT2D eigenvalue weighted by Crippen LogP contribution is -2.08. The van der Waals surface area contributed by atoms with E-state index in [1.807, 2.05) is 0 Å². The fourth-order valence-electron chi connectivity index (χ4n) is 5.00. The van der Waals surface area contributed by atoms with Crippen molar-refractivity contribution in [1.82, 2.24) is 0 Å². The predicted octanol–water partition coefficient (Wildman–Crippen LogP) is 13.2. The van der Waals surface area contributed by atoms with Gasteiger partial charge in [-0.15, -0.1) is 0 Å². The van der Waals surface area contributed by atoms with Crippen LogP contribution in [-0.2, 0) is 0 Å². The number of hydrogen-bond acceptors (Lipinski definition) is 0. The average molecular weight is 581 g/mol. The second-order valence-electron chi connectivity index (χ2n) is 13.7. The Morgan fingerprint density at radius 1 is 0.452 bits per heavy atom. The van der Waals surface area contributed by atoms with E-state index >= 15 is 0 Å². The summed E-state index contributed by atoms with van der Waals surface area (Å²) in [6, 6.07) is 11.6. The standard InChI is InChI=1S/C8H8F2.C8H16.2C8H14.C8H10/c1-5-3-4-6(2)8(10)7(5)9;4*1-7-3-5-8(2)6-4-7/h3-4H,1-2H3;7-8H,3-6H2,1-2H3;2*3,8H,4-6H2,1-2H3;3-6H,1-2H3. The van der Waals surface area contributed by atoms with Crippen molar-refractivity contribution in [2.75, 3.05) is 0 Å². The molecular weight excluding hydrogens is 518 g/mol. The Labute approximate surface area is 259 Å². The summed E-state index contributed by atoms with van der Waals surface area (Å²) in [6.07, 6.45) is 18.7. The molecule has 0 spiro atoms. The molecule has 0 saturated heterocycles. The van der Waals surface area contributed by atoms with Crippen LogP contribution in [-0.4, -0.2) is 0 Å². The third-order valence-electron chi connectivity index (χ3n) is 8.79. The first-order valence-electron chi connectivity index (χ1n) is 16.5. The van der Waals surface area contributed by atoms with Crippen LogP contribution in [0.15, 0.2) is 59.7 Å². The maximum atomic E-state index is 12.6. The maximum Gasteiger partial charge on any atom is 0.161 e. The number of rotatable bonds is 0. The van der Waals surface area contributed by atoms with Crippen molar-refractivity contribution < 1.29 is 8.78 Å². The van der Waals surface area contributed by atoms with Gasteiger partial charge >= 0.3 is 0 Å². The molecule has 0 amide bonds. The molecule has 3 aliphatic carbocycles. The Morgan fingerprint density at radius 2 is 0.762 bits per heavy atom. The zero-order valence-corrected chi connectivity index (χ0v) is 28.8. The van der Waals surface area contributed by atoms with E-state index in [1.54, 1.807) is 23.3 Å². The Hall–Kier alpha value is -2.22. The maximum absolute atomic E-state index is 12.6. The van der Waals surface area contributed by atoms with Gasteiger partial charge in [-0.05, 0) is 115 Å². The molecule has 2 aromatic carbocycles. The van der Waals surface area contributed by atoms with Gasteiger partial charge < -0.3 is 0 Å². The first-order chi connectivity index (χ1) is 19.8. The fraction of sp³-hybridized carbons (Fsp3) is 0.600. The fourth-order valence-corrected chi connectivity index (χ4v) is 5.00. The molecule has 0 heterocycles. The molecule has 2 aromatic rings. The molecule has 0 nitrogen and oxygen atoms in total. The van der Waals surface area contributed by atoms with Gasteiger partial charge in [-0.2, -0.15) is 0 Å². The summed E-state index contributed by atoms with van der Waals surface area (Å²) >= 11 is 0. The second kappa shape index (κ2) is 20.6. The van der Waals surface area contributed by atoms with Crippen LogP contribution in [0.1, 0.15) is 128 Å². The third-order valence-corrected chi connectivity index (χ3v) is 8.79. The van der Waals surface area contributed by atoms with Crippen molar-refractivity contribution in [1.29, 1.82) is 0 Å². The third kappa shape index (κ3) is 17.0. The molecule has 2 atom stereocenters. The van der Waals surface area contributed by atoms with Crippen molar-refractivity contribution in [3.05, 3.63) is 93.6 Å².